The third kappa shape index (κ3) is 4.51. The van der Waals surface area contributed by atoms with E-state index in [-0.39, 0.29) is 24.8 Å². The Hall–Kier alpha value is -2.15. The number of hydrogen-bond donors (Lipinski definition) is 2. The Kier molecular flexibility index (Phi) is 5.92. The van der Waals surface area contributed by atoms with Gasteiger partial charge >= 0.3 is 5.97 Å². The Morgan fingerprint density at radius 3 is 2.75 bits per heavy atom. The molecule has 0 aliphatic carbocycles. The normalized spacial score (nSPS) is 9.70. The van der Waals surface area contributed by atoms with Crippen LogP contribution < -0.4 is 10.6 Å². The van der Waals surface area contributed by atoms with Crippen LogP contribution in [0.15, 0.2) is 18.7 Å². The van der Waals surface area contributed by atoms with Crippen LogP contribution in [0, 0.1) is 6.92 Å². The van der Waals surface area contributed by atoms with Crippen molar-refractivity contribution in [3.8, 4) is 0 Å². The van der Waals surface area contributed by atoms with Crippen molar-refractivity contribution in [2.75, 3.05) is 19.0 Å². The number of ether oxygens (including phenoxy) is 1. The van der Waals surface area contributed by atoms with Crippen LogP contribution in [-0.2, 0) is 14.3 Å². The quantitative estimate of drug-likeness (QED) is 0.615. The molecule has 0 aliphatic heterocycles. The number of esters is 1. The molecule has 108 valence electrons. The second kappa shape index (κ2) is 7.44. The van der Waals surface area contributed by atoms with Crippen LogP contribution in [0.1, 0.15) is 21.0 Å². The first-order chi connectivity index (χ1) is 9.47. The first kappa shape index (κ1) is 15.9. The van der Waals surface area contributed by atoms with Gasteiger partial charge in [-0.25, -0.2) is 4.79 Å². The summed E-state index contributed by atoms with van der Waals surface area (Å²) in [4.78, 5) is 35.2. The summed E-state index contributed by atoms with van der Waals surface area (Å²) in [6.07, 6.45) is 1.28. The maximum absolute atomic E-state index is 11.7. The zero-order valence-electron chi connectivity index (χ0n) is 11.3. The fraction of sp³-hybridized carbons (Fsp3) is 0.308. The zero-order chi connectivity index (χ0) is 15.1. The lowest BCUT2D eigenvalue weighted by Crippen LogP contribution is -2.25. The van der Waals surface area contributed by atoms with E-state index in [1.54, 1.807) is 13.0 Å². The molecule has 0 atom stereocenters. The van der Waals surface area contributed by atoms with E-state index in [9.17, 15) is 14.4 Å². The van der Waals surface area contributed by atoms with Gasteiger partial charge in [0.05, 0.1) is 12.8 Å². The number of rotatable bonds is 6. The lowest BCUT2D eigenvalue weighted by Gasteiger charge is -2.04. The molecule has 0 spiro atoms. The van der Waals surface area contributed by atoms with E-state index in [2.05, 4.69) is 21.9 Å². The first-order valence-corrected chi connectivity index (χ1v) is 6.68. The highest BCUT2D eigenvalue weighted by Gasteiger charge is 2.14. The molecule has 1 heterocycles. The topological polar surface area (TPSA) is 84.5 Å². The van der Waals surface area contributed by atoms with Crippen LogP contribution in [0.4, 0.5) is 5.69 Å². The molecule has 0 bridgehead atoms. The maximum atomic E-state index is 11.7. The van der Waals surface area contributed by atoms with Gasteiger partial charge in [0.25, 0.3) is 0 Å². The Labute approximate surface area is 120 Å². The number of hydrogen-bond acceptors (Lipinski definition) is 5. The number of thiophene rings is 1. The molecular formula is C13H16N2O4S. The van der Waals surface area contributed by atoms with Gasteiger partial charge in [-0.2, -0.15) is 0 Å². The van der Waals surface area contributed by atoms with E-state index in [0.717, 1.165) is 11.0 Å². The molecule has 0 aliphatic rings. The summed E-state index contributed by atoms with van der Waals surface area (Å²) in [5.41, 5.74) is 0.579. The fourth-order valence-electron chi connectivity index (χ4n) is 1.39. The minimum Gasteiger partial charge on any atom is -0.465 e. The predicted octanol–water partition coefficient (Wildman–Crippen LogP) is 1.47. The smallest absolute Gasteiger partial charge is 0.348 e. The molecule has 1 aromatic heterocycles. The van der Waals surface area contributed by atoms with Crippen LogP contribution in [0.5, 0.6) is 0 Å². The summed E-state index contributed by atoms with van der Waals surface area (Å²) in [5.74, 6) is -0.999. The number of nitrogens with one attached hydrogen (secondary N) is 2. The molecule has 0 unspecified atom stereocenters. The summed E-state index contributed by atoms with van der Waals surface area (Å²) < 4.78 is 4.62. The van der Waals surface area contributed by atoms with E-state index in [1.807, 2.05) is 0 Å². The van der Waals surface area contributed by atoms with Crippen LogP contribution in [-0.4, -0.2) is 31.4 Å². The summed E-state index contributed by atoms with van der Waals surface area (Å²) >= 11 is 1.25. The minimum atomic E-state index is -0.433. The molecule has 2 amide bonds. The van der Waals surface area contributed by atoms with Crippen molar-refractivity contribution in [3.05, 3.63) is 28.5 Å². The van der Waals surface area contributed by atoms with E-state index >= 15 is 0 Å². The predicted molar refractivity (Wildman–Crippen MR) is 76.8 cm³/mol. The molecule has 0 saturated carbocycles. The van der Waals surface area contributed by atoms with Crippen molar-refractivity contribution in [1.82, 2.24) is 5.32 Å². The third-order valence-electron chi connectivity index (χ3n) is 2.42. The lowest BCUT2D eigenvalue weighted by molar-refractivity contribution is -0.117. The van der Waals surface area contributed by atoms with Crippen molar-refractivity contribution in [2.24, 2.45) is 0 Å². The van der Waals surface area contributed by atoms with E-state index in [0.29, 0.717) is 10.6 Å². The SMILES string of the molecule is C=CC(=O)NCCC(=O)Nc1cc(C(=O)OC)sc1C. The summed E-state index contributed by atoms with van der Waals surface area (Å²) in [7, 11) is 1.30. The maximum Gasteiger partial charge on any atom is 0.348 e. The molecular weight excluding hydrogens is 280 g/mol. The molecule has 0 saturated heterocycles. The molecule has 0 radical (unpaired) electrons. The van der Waals surface area contributed by atoms with Gasteiger partial charge < -0.3 is 15.4 Å². The van der Waals surface area contributed by atoms with Crippen molar-refractivity contribution in [2.45, 2.75) is 13.3 Å². The average molecular weight is 296 g/mol. The Morgan fingerprint density at radius 1 is 1.45 bits per heavy atom. The number of aryl methyl sites for hydroxylation is 1. The van der Waals surface area contributed by atoms with Crippen LogP contribution >= 0.6 is 11.3 Å². The van der Waals surface area contributed by atoms with Crippen molar-refractivity contribution < 1.29 is 19.1 Å². The number of carbonyl (C=O) groups excluding carboxylic acids is 3. The molecule has 1 rings (SSSR count). The Balaban J connectivity index is 2.53. The van der Waals surface area contributed by atoms with Crippen molar-refractivity contribution in [1.29, 1.82) is 0 Å². The van der Waals surface area contributed by atoms with E-state index in [4.69, 9.17) is 0 Å². The summed E-state index contributed by atoms with van der Waals surface area (Å²) in [6.45, 7) is 5.33. The van der Waals surface area contributed by atoms with Crippen LogP contribution in [0.3, 0.4) is 0 Å². The average Bonchev–Trinajstić information content (AvgIpc) is 2.79. The van der Waals surface area contributed by atoms with Gasteiger partial charge in [-0.05, 0) is 19.1 Å². The number of amides is 2. The zero-order valence-corrected chi connectivity index (χ0v) is 12.1. The molecule has 6 nitrogen and oxygen atoms in total. The van der Waals surface area contributed by atoms with Gasteiger partial charge in [-0.15, -0.1) is 11.3 Å². The van der Waals surface area contributed by atoms with Crippen LogP contribution in [0.2, 0.25) is 0 Å². The molecule has 20 heavy (non-hydrogen) atoms. The molecule has 0 fully saturated rings. The molecule has 7 heteroatoms. The summed E-state index contributed by atoms with van der Waals surface area (Å²) in [5, 5.41) is 5.19. The number of carbonyl (C=O) groups is 3. The first-order valence-electron chi connectivity index (χ1n) is 5.86. The number of anilines is 1. The summed E-state index contributed by atoms with van der Waals surface area (Å²) in [6, 6.07) is 1.58. The highest BCUT2D eigenvalue weighted by Crippen LogP contribution is 2.26. The van der Waals surface area contributed by atoms with Gasteiger partial charge in [0.15, 0.2) is 0 Å². The second-order valence-electron chi connectivity index (χ2n) is 3.87. The fourth-order valence-corrected chi connectivity index (χ4v) is 2.28. The monoisotopic (exact) mass is 296 g/mol. The van der Waals surface area contributed by atoms with Gasteiger partial charge in [-0.1, -0.05) is 6.58 Å². The standard InChI is InChI=1S/C13H16N2O4S/c1-4-11(16)14-6-5-12(17)15-9-7-10(13(18)19-3)20-8(9)2/h4,7H,1,5-6H2,2-3H3,(H,14,16)(H,15,17). The highest BCUT2D eigenvalue weighted by atomic mass is 32.1. The van der Waals surface area contributed by atoms with Gasteiger partial charge in [0.2, 0.25) is 11.8 Å². The van der Waals surface area contributed by atoms with Gasteiger partial charge in [0, 0.05) is 17.8 Å². The lowest BCUT2D eigenvalue weighted by atomic mass is 10.3. The molecule has 1 aromatic rings. The van der Waals surface area contributed by atoms with Crippen molar-refractivity contribution >= 4 is 34.8 Å². The van der Waals surface area contributed by atoms with Crippen molar-refractivity contribution in [3.63, 3.8) is 0 Å². The number of methoxy groups -OCH3 is 1. The minimum absolute atomic E-state index is 0.141. The van der Waals surface area contributed by atoms with E-state index < -0.39 is 5.97 Å². The third-order valence-corrected chi connectivity index (χ3v) is 3.45. The largest absolute Gasteiger partial charge is 0.465 e. The van der Waals surface area contributed by atoms with E-state index in [1.165, 1.54) is 18.4 Å². The molecule has 2 N–H and O–H groups in total. The Bertz CT molecular complexity index is 536. The van der Waals surface area contributed by atoms with Gasteiger partial charge in [-0.3, -0.25) is 9.59 Å². The second-order valence-corrected chi connectivity index (χ2v) is 5.12. The molecule has 0 aromatic carbocycles. The van der Waals surface area contributed by atoms with Gasteiger partial charge in [0.1, 0.15) is 4.88 Å². The highest BCUT2D eigenvalue weighted by molar-refractivity contribution is 7.14. The Morgan fingerprint density at radius 2 is 2.15 bits per heavy atom. The van der Waals surface area contributed by atoms with Crippen LogP contribution in [0.25, 0.3) is 0 Å².